The van der Waals surface area contributed by atoms with Gasteiger partial charge in [-0.2, -0.15) is 0 Å². The minimum atomic E-state index is -0.338. The largest absolute Gasteiger partial charge is 0.493 e. The van der Waals surface area contributed by atoms with E-state index in [9.17, 15) is 4.79 Å². The van der Waals surface area contributed by atoms with Gasteiger partial charge in [-0.15, -0.1) is 0 Å². The van der Waals surface area contributed by atoms with Crippen LogP contribution in [0.25, 0.3) is 10.9 Å². The van der Waals surface area contributed by atoms with Gasteiger partial charge in [0.25, 0.3) is 5.91 Å². The second kappa shape index (κ2) is 9.00. The average Bonchev–Trinajstić information content (AvgIpc) is 3.41. The molecule has 0 radical (unpaired) electrons. The summed E-state index contributed by atoms with van der Waals surface area (Å²) in [5.74, 6) is 1.82. The molecule has 3 aliphatic rings. The van der Waals surface area contributed by atoms with Crippen LogP contribution >= 0.6 is 12.2 Å². The molecule has 7 nitrogen and oxygen atoms in total. The molecule has 3 aromatic rings. The van der Waals surface area contributed by atoms with E-state index in [1.807, 2.05) is 29.2 Å². The molecular formula is C28H31N3O4S. The molecule has 1 saturated heterocycles. The predicted molar refractivity (Wildman–Crippen MR) is 142 cm³/mol. The van der Waals surface area contributed by atoms with E-state index >= 15 is 0 Å². The first-order valence-corrected chi connectivity index (χ1v) is 13.0. The van der Waals surface area contributed by atoms with Gasteiger partial charge in [0.2, 0.25) is 5.75 Å². The Morgan fingerprint density at radius 1 is 0.972 bits per heavy atom. The number of methoxy groups -OCH3 is 3. The Morgan fingerprint density at radius 2 is 1.67 bits per heavy atom. The molecule has 6 rings (SSSR count). The first kappa shape index (κ1) is 23.2. The maximum absolute atomic E-state index is 14.0. The molecule has 1 aromatic heterocycles. The summed E-state index contributed by atoms with van der Waals surface area (Å²) in [6.45, 7) is 0. The number of rotatable bonds is 5. The summed E-state index contributed by atoms with van der Waals surface area (Å²) in [4.78, 5) is 21.7. The zero-order valence-electron chi connectivity index (χ0n) is 20.9. The molecule has 3 heterocycles. The van der Waals surface area contributed by atoms with Crippen LogP contribution in [0.3, 0.4) is 0 Å². The topological polar surface area (TPSA) is 67.0 Å². The molecule has 2 fully saturated rings. The highest BCUT2D eigenvalue weighted by atomic mass is 32.1. The Morgan fingerprint density at radius 3 is 2.33 bits per heavy atom. The highest BCUT2D eigenvalue weighted by Crippen LogP contribution is 2.48. The molecule has 1 N–H and O–H groups in total. The van der Waals surface area contributed by atoms with E-state index in [1.165, 1.54) is 12.0 Å². The molecule has 0 spiro atoms. The Bertz CT molecular complexity index is 1320. The van der Waals surface area contributed by atoms with Gasteiger partial charge in [-0.25, -0.2) is 0 Å². The first-order chi connectivity index (χ1) is 17.6. The predicted octanol–water partition coefficient (Wildman–Crippen LogP) is 4.97. The molecule has 1 saturated carbocycles. The number of benzene rings is 2. The third-order valence-electron chi connectivity index (χ3n) is 8.02. The molecule has 2 atom stereocenters. The van der Waals surface area contributed by atoms with Gasteiger partial charge < -0.3 is 24.1 Å². The molecule has 36 heavy (non-hydrogen) atoms. The number of aromatic nitrogens is 1. The Hall–Kier alpha value is -3.26. The van der Waals surface area contributed by atoms with Gasteiger partial charge in [0.15, 0.2) is 16.6 Å². The van der Waals surface area contributed by atoms with Gasteiger partial charge in [0.05, 0.1) is 27.4 Å². The Kier molecular flexibility index (Phi) is 5.79. The summed E-state index contributed by atoms with van der Waals surface area (Å²) in [7, 11) is 4.84. The summed E-state index contributed by atoms with van der Waals surface area (Å²) in [5, 5.41) is 1.78. The lowest BCUT2D eigenvalue weighted by molar-refractivity contribution is -0.130. The van der Waals surface area contributed by atoms with E-state index in [-0.39, 0.29) is 24.0 Å². The summed E-state index contributed by atoms with van der Waals surface area (Å²) in [6.07, 6.45) is 6.15. The summed E-state index contributed by atoms with van der Waals surface area (Å²) < 4.78 is 17.0. The molecule has 2 aromatic carbocycles. The zero-order chi connectivity index (χ0) is 25.0. The van der Waals surface area contributed by atoms with Crippen molar-refractivity contribution >= 4 is 34.1 Å². The third kappa shape index (κ3) is 3.38. The fourth-order valence-corrected chi connectivity index (χ4v) is 6.85. The fourth-order valence-electron chi connectivity index (χ4n) is 6.38. The number of nitrogens with one attached hydrogen (secondary N) is 1. The minimum Gasteiger partial charge on any atom is -0.493 e. The number of hydrogen-bond donors (Lipinski definition) is 1. The Labute approximate surface area is 216 Å². The Balaban J connectivity index is 1.54. The van der Waals surface area contributed by atoms with Crippen molar-refractivity contribution in [2.24, 2.45) is 0 Å². The molecule has 0 bridgehead atoms. The number of carbonyl (C=O) groups is 1. The summed E-state index contributed by atoms with van der Waals surface area (Å²) in [6, 6.07) is 11.8. The van der Waals surface area contributed by atoms with Gasteiger partial charge in [0.1, 0.15) is 6.04 Å². The lowest BCUT2D eigenvalue weighted by Gasteiger charge is -2.38. The van der Waals surface area contributed by atoms with Crippen LogP contribution in [0, 0.1) is 0 Å². The van der Waals surface area contributed by atoms with Crippen molar-refractivity contribution in [3.63, 3.8) is 0 Å². The monoisotopic (exact) mass is 505 g/mol. The van der Waals surface area contributed by atoms with Crippen molar-refractivity contribution in [1.82, 2.24) is 14.8 Å². The molecule has 1 aliphatic carbocycles. The number of carbonyl (C=O) groups excluding carboxylic acids is 1. The maximum Gasteiger partial charge on any atom is 0.252 e. The number of aromatic amines is 1. The van der Waals surface area contributed by atoms with Crippen LogP contribution in [0.1, 0.15) is 55.0 Å². The molecule has 8 heteroatoms. The SMILES string of the molecule is COc1cc([C@H]2c3[nH]c4ccccc4c3C[C@H]3C(=O)N(C4CCCCC4)C(=S)N23)cc(OC)c1OC. The number of thiocarbonyl (C=S) groups is 1. The van der Waals surface area contributed by atoms with Crippen LogP contribution in [0.15, 0.2) is 36.4 Å². The van der Waals surface area contributed by atoms with E-state index in [4.69, 9.17) is 26.4 Å². The van der Waals surface area contributed by atoms with Crippen LogP contribution < -0.4 is 14.2 Å². The lowest BCUT2D eigenvalue weighted by atomic mass is 9.88. The standard InChI is InChI=1S/C28H31N3O4S/c1-33-22-13-16(14-23(34-2)26(22)35-3)25-24-19(18-11-7-8-12-20(18)29-24)15-21-27(32)30(28(36)31(21)25)17-9-5-4-6-10-17/h7-8,11-14,17,21,25,29H,4-6,9-10,15H2,1-3H3/t21-,25-/m0/s1. The fraction of sp³-hybridized carbons (Fsp3) is 0.429. The van der Waals surface area contributed by atoms with Crippen molar-refractivity contribution in [3.05, 3.63) is 53.2 Å². The van der Waals surface area contributed by atoms with E-state index in [1.54, 1.807) is 21.3 Å². The van der Waals surface area contributed by atoms with E-state index in [2.05, 4.69) is 22.0 Å². The molecule has 188 valence electrons. The number of hydrogen-bond acceptors (Lipinski definition) is 5. The van der Waals surface area contributed by atoms with Crippen molar-refractivity contribution in [3.8, 4) is 17.2 Å². The zero-order valence-corrected chi connectivity index (χ0v) is 21.7. The van der Waals surface area contributed by atoms with Crippen LogP contribution in [-0.4, -0.2) is 59.2 Å². The smallest absolute Gasteiger partial charge is 0.252 e. The molecule has 0 unspecified atom stereocenters. The lowest BCUT2D eigenvalue weighted by Crippen LogP contribution is -2.44. The number of H-pyrrole nitrogens is 1. The van der Waals surface area contributed by atoms with E-state index in [0.717, 1.165) is 47.8 Å². The van der Waals surface area contributed by atoms with E-state index in [0.29, 0.717) is 28.8 Å². The van der Waals surface area contributed by atoms with Crippen molar-refractivity contribution in [1.29, 1.82) is 0 Å². The quantitative estimate of drug-likeness (QED) is 0.494. The second-order valence-corrected chi connectivity index (χ2v) is 10.2. The second-order valence-electron chi connectivity index (χ2n) is 9.83. The van der Waals surface area contributed by atoms with Crippen LogP contribution in [0.2, 0.25) is 0 Å². The number of nitrogens with zero attached hydrogens (tertiary/aromatic N) is 2. The van der Waals surface area contributed by atoms with E-state index < -0.39 is 0 Å². The van der Waals surface area contributed by atoms with Gasteiger partial charge in [-0.3, -0.25) is 9.69 Å². The minimum absolute atomic E-state index is 0.125. The highest BCUT2D eigenvalue weighted by Gasteiger charge is 2.52. The number of ether oxygens (including phenoxy) is 3. The summed E-state index contributed by atoms with van der Waals surface area (Å²) >= 11 is 6.08. The third-order valence-corrected chi connectivity index (χ3v) is 8.43. The van der Waals surface area contributed by atoms with Crippen molar-refractivity contribution in [2.75, 3.05) is 21.3 Å². The molecule has 1 amide bonds. The highest BCUT2D eigenvalue weighted by molar-refractivity contribution is 7.80. The number of fused-ring (bicyclic) bond motifs is 4. The molecule has 2 aliphatic heterocycles. The van der Waals surface area contributed by atoms with Gasteiger partial charge >= 0.3 is 0 Å². The maximum atomic E-state index is 14.0. The van der Waals surface area contributed by atoms with Gasteiger partial charge in [-0.05, 0) is 54.4 Å². The van der Waals surface area contributed by atoms with Gasteiger partial charge in [0, 0.05) is 29.1 Å². The van der Waals surface area contributed by atoms with Gasteiger partial charge in [-0.1, -0.05) is 37.5 Å². The normalized spacial score (nSPS) is 22.1. The molecular weight excluding hydrogens is 474 g/mol. The van der Waals surface area contributed by atoms with Crippen molar-refractivity contribution < 1.29 is 19.0 Å². The first-order valence-electron chi connectivity index (χ1n) is 12.6. The van der Waals surface area contributed by atoms with Crippen LogP contribution in [0.5, 0.6) is 17.2 Å². The van der Waals surface area contributed by atoms with Crippen LogP contribution in [-0.2, 0) is 11.2 Å². The summed E-state index contributed by atoms with van der Waals surface area (Å²) in [5.41, 5.74) is 4.22. The number of para-hydroxylation sites is 1. The van der Waals surface area contributed by atoms with Crippen molar-refractivity contribution in [2.45, 2.75) is 56.7 Å². The van der Waals surface area contributed by atoms with Crippen LogP contribution in [0.4, 0.5) is 0 Å². The number of amides is 1. The average molecular weight is 506 g/mol.